The summed E-state index contributed by atoms with van der Waals surface area (Å²) in [6.07, 6.45) is 6.31. The average Bonchev–Trinajstić information content (AvgIpc) is 3.06. The lowest BCUT2D eigenvalue weighted by molar-refractivity contribution is 0.625. The molecule has 0 radical (unpaired) electrons. The lowest BCUT2D eigenvalue weighted by Crippen LogP contribution is -2.07. The fraction of sp³-hybridized carbons (Fsp3) is 0.167. The molecule has 0 amide bonds. The van der Waals surface area contributed by atoms with Crippen LogP contribution in [-0.4, -0.2) is 16.1 Å². The van der Waals surface area contributed by atoms with Crippen LogP contribution in [0.2, 0.25) is 0 Å². The Morgan fingerprint density at radius 1 is 1.04 bits per heavy atom. The largest absolute Gasteiger partial charge is 0.384 e. The molecule has 1 aromatic heterocycles. The second-order valence-electron chi connectivity index (χ2n) is 5.25. The molecule has 0 aliphatic carbocycles. The summed E-state index contributed by atoms with van der Waals surface area (Å²) in [6.45, 7) is 1.55. The summed E-state index contributed by atoms with van der Waals surface area (Å²) in [5.74, 6) is -0.656. The van der Waals surface area contributed by atoms with E-state index in [1.165, 1.54) is 18.2 Å². The number of aryl methyl sites for hydroxylation is 1. The van der Waals surface area contributed by atoms with E-state index in [0.717, 1.165) is 13.0 Å². The van der Waals surface area contributed by atoms with Gasteiger partial charge < -0.3 is 9.88 Å². The van der Waals surface area contributed by atoms with Crippen molar-refractivity contribution >= 4 is 5.69 Å². The van der Waals surface area contributed by atoms with E-state index in [1.807, 2.05) is 16.8 Å². The summed E-state index contributed by atoms with van der Waals surface area (Å²) >= 11 is 0. The third-order valence-electron chi connectivity index (χ3n) is 3.61. The fourth-order valence-electron chi connectivity index (χ4n) is 2.49. The molecule has 23 heavy (non-hydrogen) atoms. The minimum Gasteiger partial charge on any atom is -0.384 e. The van der Waals surface area contributed by atoms with Gasteiger partial charge in [0, 0.05) is 36.7 Å². The first-order valence-corrected chi connectivity index (χ1v) is 7.48. The van der Waals surface area contributed by atoms with Crippen molar-refractivity contribution in [2.24, 2.45) is 0 Å². The Bertz CT molecular complexity index is 752. The topological polar surface area (TPSA) is 29.9 Å². The summed E-state index contributed by atoms with van der Waals surface area (Å²) in [7, 11) is 0. The molecule has 0 spiro atoms. The predicted molar refractivity (Wildman–Crippen MR) is 87.1 cm³/mol. The predicted octanol–water partition coefficient (Wildman–Crippen LogP) is 4.33. The summed E-state index contributed by atoms with van der Waals surface area (Å²) < 4.78 is 29.3. The zero-order valence-corrected chi connectivity index (χ0v) is 12.5. The Kier molecular flexibility index (Phi) is 4.66. The molecule has 1 heterocycles. The molecule has 3 nitrogen and oxygen atoms in total. The molecule has 0 saturated heterocycles. The van der Waals surface area contributed by atoms with Gasteiger partial charge in [-0.25, -0.2) is 13.8 Å². The van der Waals surface area contributed by atoms with Crippen molar-refractivity contribution in [1.29, 1.82) is 0 Å². The van der Waals surface area contributed by atoms with Crippen LogP contribution in [0, 0.1) is 11.6 Å². The first kappa shape index (κ1) is 15.2. The molecule has 118 valence electrons. The van der Waals surface area contributed by atoms with Crippen molar-refractivity contribution in [2.45, 2.75) is 13.0 Å². The van der Waals surface area contributed by atoms with Crippen LogP contribution in [0.15, 0.2) is 61.2 Å². The number of benzene rings is 2. The van der Waals surface area contributed by atoms with Gasteiger partial charge in [0.05, 0.1) is 6.33 Å². The molecule has 3 rings (SSSR count). The Hall–Kier alpha value is -2.69. The first-order valence-electron chi connectivity index (χ1n) is 7.48. The van der Waals surface area contributed by atoms with Gasteiger partial charge in [-0.2, -0.15) is 0 Å². The number of imidazole rings is 1. The van der Waals surface area contributed by atoms with Crippen molar-refractivity contribution in [1.82, 2.24) is 9.55 Å². The maximum Gasteiger partial charge on any atom is 0.133 e. The van der Waals surface area contributed by atoms with Crippen LogP contribution >= 0.6 is 0 Å². The molecular formula is C18H17F2N3. The minimum absolute atomic E-state index is 0.323. The number of nitrogens with zero attached hydrogens (tertiary/aromatic N) is 2. The molecule has 1 N–H and O–H groups in total. The molecule has 0 aliphatic heterocycles. The molecule has 2 aromatic carbocycles. The average molecular weight is 313 g/mol. The monoisotopic (exact) mass is 313 g/mol. The highest BCUT2D eigenvalue weighted by Gasteiger charge is 2.10. The smallest absolute Gasteiger partial charge is 0.133 e. The normalized spacial score (nSPS) is 10.7. The Labute approximate surface area is 133 Å². The second kappa shape index (κ2) is 7.05. The van der Waals surface area contributed by atoms with Gasteiger partial charge in [-0.1, -0.05) is 18.2 Å². The van der Waals surface area contributed by atoms with Crippen LogP contribution in [0.3, 0.4) is 0 Å². The van der Waals surface area contributed by atoms with Crippen molar-refractivity contribution in [3.63, 3.8) is 0 Å². The van der Waals surface area contributed by atoms with E-state index >= 15 is 0 Å². The van der Waals surface area contributed by atoms with Crippen LogP contribution in [-0.2, 0) is 6.54 Å². The molecule has 3 aromatic rings. The lowest BCUT2D eigenvalue weighted by Gasteiger charge is -2.13. The van der Waals surface area contributed by atoms with Gasteiger partial charge in [0.1, 0.15) is 11.6 Å². The van der Waals surface area contributed by atoms with Crippen LogP contribution < -0.4 is 5.32 Å². The molecule has 0 saturated carbocycles. The number of nitrogens with one attached hydrogen (secondary N) is 1. The van der Waals surface area contributed by atoms with E-state index in [9.17, 15) is 8.78 Å². The van der Waals surface area contributed by atoms with E-state index in [4.69, 9.17) is 0 Å². The van der Waals surface area contributed by atoms with E-state index in [2.05, 4.69) is 10.3 Å². The fourth-order valence-corrected chi connectivity index (χ4v) is 2.49. The highest BCUT2D eigenvalue weighted by molar-refractivity contribution is 5.78. The van der Waals surface area contributed by atoms with E-state index in [-0.39, 0.29) is 11.6 Å². The van der Waals surface area contributed by atoms with Crippen molar-refractivity contribution < 1.29 is 8.78 Å². The SMILES string of the molecule is Fc1ccc(-c2c(F)cccc2NCCCn2ccnc2)cc1. The van der Waals surface area contributed by atoms with Crippen LogP contribution in [0.25, 0.3) is 11.1 Å². The van der Waals surface area contributed by atoms with Crippen molar-refractivity contribution in [3.8, 4) is 11.1 Å². The van der Waals surface area contributed by atoms with E-state index < -0.39 is 0 Å². The molecule has 0 aliphatic rings. The lowest BCUT2D eigenvalue weighted by atomic mass is 10.0. The highest BCUT2D eigenvalue weighted by Crippen LogP contribution is 2.30. The van der Waals surface area contributed by atoms with Gasteiger partial charge in [-0.05, 0) is 36.2 Å². The van der Waals surface area contributed by atoms with Crippen LogP contribution in [0.4, 0.5) is 14.5 Å². The van der Waals surface area contributed by atoms with Crippen molar-refractivity contribution in [3.05, 3.63) is 72.8 Å². The number of hydrogen-bond acceptors (Lipinski definition) is 2. The quantitative estimate of drug-likeness (QED) is 0.686. The van der Waals surface area contributed by atoms with Crippen molar-refractivity contribution in [2.75, 3.05) is 11.9 Å². The van der Waals surface area contributed by atoms with E-state index in [0.29, 0.717) is 23.4 Å². The summed E-state index contributed by atoms with van der Waals surface area (Å²) in [4.78, 5) is 3.99. The van der Waals surface area contributed by atoms with Gasteiger partial charge in [0.25, 0.3) is 0 Å². The Balaban J connectivity index is 1.71. The Morgan fingerprint density at radius 2 is 1.87 bits per heavy atom. The summed E-state index contributed by atoms with van der Waals surface area (Å²) in [6, 6.07) is 10.8. The molecule has 0 unspecified atom stereocenters. The Morgan fingerprint density at radius 3 is 2.61 bits per heavy atom. The molecule has 0 bridgehead atoms. The third kappa shape index (κ3) is 3.74. The number of anilines is 1. The molecule has 5 heteroatoms. The second-order valence-corrected chi connectivity index (χ2v) is 5.25. The zero-order chi connectivity index (χ0) is 16.1. The number of aromatic nitrogens is 2. The molecule has 0 atom stereocenters. The molecule has 0 fully saturated rings. The standard InChI is InChI=1S/C18H17F2N3/c19-15-7-5-14(6-8-15)18-16(20)3-1-4-17(18)22-9-2-11-23-12-10-21-13-23/h1,3-8,10,12-13,22H,2,9,11H2. The van der Waals surface area contributed by atoms with Gasteiger partial charge in [0.2, 0.25) is 0 Å². The first-order chi connectivity index (χ1) is 11.2. The summed E-state index contributed by atoms with van der Waals surface area (Å²) in [5, 5.41) is 3.26. The maximum atomic E-state index is 14.2. The third-order valence-corrected chi connectivity index (χ3v) is 3.61. The number of rotatable bonds is 6. The van der Waals surface area contributed by atoms with Crippen LogP contribution in [0.1, 0.15) is 6.42 Å². The van der Waals surface area contributed by atoms with Gasteiger partial charge in [-0.3, -0.25) is 0 Å². The van der Waals surface area contributed by atoms with Crippen LogP contribution in [0.5, 0.6) is 0 Å². The highest BCUT2D eigenvalue weighted by atomic mass is 19.1. The summed E-state index contributed by atoms with van der Waals surface area (Å²) in [5.41, 5.74) is 1.83. The maximum absolute atomic E-state index is 14.2. The zero-order valence-electron chi connectivity index (χ0n) is 12.5. The van der Waals surface area contributed by atoms with Gasteiger partial charge in [-0.15, -0.1) is 0 Å². The molecular weight excluding hydrogens is 296 g/mol. The van der Waals surface area contributed by atoms with Gasteiger partial charge >= 0.3 is 0 Å². The number of halogens is 2. The van der Waals surface area contributed by atoms with E-state index in [1.54, 1.807) is 30.7 Å². The minimum atomic E-state index is -0.333. The number of hydrogen-bond donors (Lipinski definition) is 1. The van der Waals surface area contributed by atoms with Gasteiger partial charge in [0.15, 0.2) is 0 Å².